The van der Waals surface area contributed by atoms with Crippen LogP contribution in [0.3, 0.4) is 0 Å². The summed E-state index contributed by atoms with van der Waals surface area (Å²) in [6, 6.07) is 14.9. The van der Waals surface area contributed by atoms with Crippen LogP contribution >= 0.6 is 11.6 Å². The number of rotatable bonds is 7. The molecule has 0 fully saturated rings. The number of hydrogen-bond acceptors (Lipinski definition) is 8. The van der Waals surface area contributed by atoms with Gasteiger partial charge in [0.1, 0.15) is 0 Å². The van der Waals surface area contributed by atoms with E-state index < -0.39 is 10.0 Å². The smallest absolute Gasteiger partial charge is 0.493 e. The second-order valence-corrected chi connectivity index (χ2v) is 10.6. The predicted octanol–water partition coefficient (Wildman–Crippen LogP) is 1.43. The molecule has 0 radical (unpaired) electrons. The standard InChI is InChI=1S/C25H23ClN5O4S.Na.2H2O/c1-25(2,3)16-10-12-17(13-11-16)36(32,33)31-22-20(35-19-9-6-5-8-18(19)34-4)21(26)29-24(30-22)23-27-14-7-15-28-23;;;/h5-15H,1-4H3;;2*1H2/q-1;+1;;. The minimum atomic E-state index is -4.20. The number of hydrogen-bond donors (Lipinski definition) is 0. The number of ether oxygens (including phenoxy) is 2. The summed E-state index contributed by atoms with van der Waals surface area (Å²) in [7, 11) is -2.72. The van der Waals surface area contributed by atoms with Crippen LogP contribution in [0, 0.1) is 0 Å². The van der Waals surface area contributed by atoms with Gasteiger partial charge in [-0.15, -0.1) is 0 Å². The maximum absolute atomic E-state index is 13.3. The molecule has 0 amide bonds. The van der Waals surface area contributed by atoms with Gasteiger partial charge in [-0.25, -0.2) is 23.4 Å². The van der Waals surface area contributed by atoms with Gasteiger partial charge in [0.15, 0.2) is 28.2 Å². The van der Waals surface area contributed by atoms with Crippen molar-refractivity contribution < 1.29 is 58.4 Å². The number of methoxy groups -OCH3 is 1. The van der Waals surface area contributed by atoms with Gasteiger partial charge < -0.3 is 30.1 Å². The molecule has 0 bridgehead atoms. The van der Waals surface area contributed by atoms with Crippen LogP contribution in [0.15, 0.2) is 71.9 Å². The van der Waals surface area contributed by atoms with Gasteiger partial charge in [-0.2, -0.15) is 0 Å². The normalized spacial score (nSPS) is 10.8. The molecular formula is C25H27ClN5NaO6S. The van der Waals surface area contributed by atoms with Gasteiger partial charge in [0.2, 0.25) is 10.0 Å². The molecular weight excluding hydrogens is 557 g/mol. The van der Waals surface area contributed by atoms with Gasteiger partial charge in [-0.3, -0.25) is 0 Å². The molecule has 0 atom stereocenters. The van der Waals surface area contributed by atoms with Gasteiger partial charge in [0.05, 0.1) is 17.8 Å². The Kier molecular flexibility index (Phi) is 12.3. The van der Waals surface area contributed by atoms with Gasteiger partial charge >= 0.3 is 29.6 Å². The number of aromatic nitrogens is 4. The molecule has 11 nitrogen and oxygen atoms in total. The van der Waals surface area contributed by atoms with Crippen molar-refractivity contribution in [2.45, 2.75) is 31.1 Å². The van der Waals surface area contributed by atoms with E-state index in [1.165, 1.54) is 31.6 Å². The number of benzene rings is 2. The summed E-state index contributed by atoms with van der Waals surface area (Å²) in [5.41, 5.74) is 0.843. The van der Waals surface area contributed by atoms with Gasteiger partial charge in [0.25, 0.3) is 0 Å². The van der Waals surface area contributed by atoms with Crippen molar-refractivity contribution in [3.05, 3.63) is 82.4 Å². The molecule has 4 N–H and O–H groups in total. The summed E-state index contributed by atoms with van der Waals surface area (Å²) < 4.78 is 41.7. The molecule has 2 aromatic heterocycles. The Labute approximate surface area is 254 Å². The van der Waals surface area contributed by atoms with Gasteiger partial charge in [0, 0.05) is 12.4 Å². The average Bonchev–Trinajstić information content (AvgIpc) is 2.86. The summed E-state index contributed by atoms with van der Waals surface area (Å²) in [4.78, 5) is 16.7. The third-order valence-corrected chi connectivity index (χ3v) is 6.62. The molecule has 4 rings (SSSR count). The Bertz CT molecular complexity index is 1490. The van der Waals surface area contributed by atoms with Crippen LogP contribution < -0.4 is 39.0 Å². The van der Waals surface area contributed by atoms with E-state index in [0.717, 1.165) is 5.56 Å². The number of para-hydroxylation sites is 2. The molecule has 2 heterocycles. The molecule has 14 heteroatoms. The van der Waals surface area contributed by atoms with Crippen LogP contribution in [-0.2, 0) is 15.4 Å². The Hall–Kier alpha value is -2.84. The first kappa shape index (κ1) is 34.2. The molecule has 2 aromatic carbocycles. The first-order chi connectivity index (χ1) is 17.1. The Balaban J connectivity index is 0.00000253. The fourth-order valence-corrected chi connectivity index (χ4v) is 4.32. The third kappa shape index (κ3) is 8.08. The summed E-state index contributed by atoms with van der Waals surface area (Å²) in [6.07, 6.45) is 3.01. The van der Waals surface area contributed by atoms with E-state index in [1.807, 2.05) is 20.8 Å². The summed E-state index contributed by atoms with van der Waals surface area (Å²) in [5.74, 6) is 0.351. The van der Waals surface area contributed by atoms with Crippen molar-refractivity contribution in [2.24, 2.45) is 0 Å². The van der Waals surface area contributed by atoms with Crippen LogP contribution in [0.4, 0.5) is 5.82 Å². The molecule has 0 spiro atoms. The molecule has 0 aliphatic carbocycles. The topological polar surface area (TPSA) is 181 Å². The van der Waals surface area contributed by atoms with Crippen molar-refractivity contribution in [1.82, 2.24) is 19.9 Å². The van der Waals surface area contributed by atoms with Crippen LogP contribution in [-0.4, -0.2) is 46.4 Å². The monoisotopic (exact) mass is 583 g/mol. The predicted molar refractivity (Wildman–Crippen MR) is 144 cm³/mol. The van der Waals surface area contributed by atoms with Crippen molar-refractivity contribution in [3.63, 3.8) is 0 Å². The molecule has 202 valence electrons. The molecule has 39 heavy (non-hydrogen) atoms. The fourth-order valence-electron chi connectivity index (χ4n) is 3.18. The van der Waals surface area contributed by atoms with E-state index in [4.69, 9.17) is 21.1 Å². The van der Waals surface area contributed by atoms with Crippen LogP contribution in [0.25, 0.3) is 16.4 Å². The van der Waals surface area contributed by atoms with Crippen molar-refractivity contribution >= 4 is 27.4 Å². The van der Waals surface area contributed by atoms with E-state index in [1.54, 1.807) is 42.5 Å². The molecule has 0 unspecified atom stereocenters. The first-order valence-electron chi connectivity index (χ1n) is 10.8. The zero-order valence-corrected chi connectivity index (χ0v) is 25.6. The van der Waals surface area contributed by atoms with Gasteiger partial charge in [-0.05, 0) is 47.1 Å². The van der Waals surface area contributed by atoms with Crippen molar-refractivity contribution in [3.8, 4) is 28.9 Å². The molecule has 0 aliphatic heterocycles. The van der Waals surface area contributed by atoms with E-state index in [-0.39, 0.29) is 84.9 Å². The van der Waals surface area contributed by atoms with Crippen molar-refractivity contribution in [2.75, 3.05) is 7.11 Å². The average molecular weight is 584 g/mol. The van der Waals surface area contributed by atoms with Gasteiger partial charge in [-0.1, -0.05) is 56.6 Å². The maximum Gasteiger partial charge on any atom is 1.00 e. The van der Waals surface area contributed by atoms with E-state index in [9.17, 15) is 8.42 Å². The van der Waals surface area contributed by atoms with Crippen LogP contribution in [0.5, 0.6) is 17.2 Å². The Morgan fingerprint density at radius 3 is 2.00 bits per heavy atom. The second-order valence-electron chi connectivity index (χ2n) is 8.66. The summed E-state index contributed by atoms with van der Waals surface area (Å²) >= 11 is 6.45. The largest absolute Gasteiger partial charge is 1.00 e. The van der Waals surface area contributed by atoms with E-state index in [0.29, 0.717) is 5.75 Å². The molecule has 0 saturated carbocycles. The zero-order valence-electron chi connectivity index (χ0n) is 22.0. The number of halogens is 1. The molecule has 0 aliphatic rings. The minimum Gasteiger partial charge on any atom is -0.493 e. The van der Waals surface area contributed by atoms with E-state index in [2.05, 4.69) is 24.7 Å². The minimum absolute atomic E-state index is 0. The zero-order chi connectivity index (χ0) is 25.9. The quantitative estimate of drug-likeness (QED) is 0.231. The number of sulfonamides is 1. The molecule has 4 aromatic rings. The fraction of sp³-hybridized carbons (Fsp3) is 0.200. The SMILES string of the molecule is COc1ccccc1Oc1c(Cl)nc(-c2ncccn2)nc1[N-]S(=O)(=O)c1ccc(C(C)(C)C)cc1.O.O.[Na+]. The van der Waals surface area contributed by atoms with Crippen molar-refractivity contribution in [1.29, 1.82) is 0 Å². The second kappa shape index (κ2) is 14.0. The Morgan fingerprint density at radius 1 is 0.846 bits per heavy atom. The summed E-state index contributed by atoms with van der Waals surface area (Å²) in [5, 5.41) is -0.171. The third-order valence-electron chi connectivity index (χ3n) is 5.08. The first-order valence-corrected chi connectivity index (χ1v) is 12.6. The molecule has 0 saturated heterocycles. The van der Waals surface area contributed by atoms with Crippen LogP contribution in [0.1, 0.15) is 26.3 Å². The van der Waals surface area contributed by atoms with E-state index >= 15 is 0 Å². The van der Waals surface area contributed by atoms with Crippen LogP contribution in [0.2, 0.25) is 5.15 Å². The Morgan fingerprint density at radius 2 is 1.44 bits per heavy atom. The maximum atomic E-state index is 13.3. The number of nitrogens with zero attached hydrogens (tertiary/aromatic N) is 5. The summed E-state index contributed by atoms with van der Waals surface area (Å²) in [6.45, 7) is 6.12.